The number of anilines is 1. The van der Waals surface area contributed by atoms with Gasteiger partial charge in [0, 0.05) is 18.6 Å². The van der Waals surface area contributed by atoms with Gasteiger partial charge in [0.05, 0.1) is 5.69 Å². The first-order valence-corrected chi connectivity index (χ1v) is 8.62. The lowest BCUT2D eigenvalue weighted by Gasteiger charge is -2.25. The SMILES string of the molecule is CNC1CCCN(S(=O)(=O)NC2CC2)c2ccccc21. The number of fused-ring (bicyclic) bond motifs is 1. The van der Waals surface area contributed by atoms with Gasteiger partial charge in [-0.3, -0.25) is 4.31 Å². The number of hydrogen-bond acceptors (Lipinski definition) is 3. The van der Waals surface area contributed by atoms with E-state index >= 15 is 0 Å². The summed E-state index contributed by atoms with van der Waals surface area (Å²) in [5.74, 6) is 0. The van der Waals surface area contributed by atoms with Crippen LogP contribution in [0.25, 0.3) is 0 Å². The Hall–Kier alpha value is -1.11. The summed E-state index contributed by atoms with van der Waals surface area (Å²) < 4.78 is 29.4. The Balaban J connectivity index is 1.98. The molecule has 6 heteroatoms. The van der Waals surface area contributed by atoms with Crippen molar-refractivity contribution < 1.29 is 8.42 Å². The highest BCUT2D eigenvalue weighted by Crippen LogP contribution is 2.34. The number of rotatable bonds is 4. The molecule has 1 aromatic carbocycles. The van der Waals surface area contributed by atoms with Crippen molar-refractivity contribution in [2.75, 3.05) is 17.9 Å². The van der Waals surface area contributed by atoms with Crippen molar-refractivity contribution in [3.63, 3.8) is 0 Å². The molecule has 0 amide bonds. The minimum absolute atomic E-state index is 0.135. The third-order valence-corrected chi connectivity index (χ3v) is 5.56. The molecular formula is C14H21N3O2S. The molecule has 0 saturated heterocycles. The summed E-state index contributed by atoms with van der Waals surface area (Å²) in [6.07, 6.45) is 3.70. The third-order valence-electron chi connectivity index (χ3n) is 3.97. The van der Waals surface area contributed by atoms with Crippen molar-refractivity contribution in [3.8, 4) is 0 Å². The molecule has 1 aliphatic carbocycles. The van der Waals surface area contributed by atoms with Crippen molar-refractivity contribution >= 4 is 15.9 Å². The van der Waals surface area contributed by atoms with Crippen LogP contribution in [-0.2, 0) is 10.2 Å². The molecule has 20 heavy (non-hydrogen) atoms. The molecule has 2 N–H and O–H groups in total. The van der Waals surface area contributed by atoms with E-state index in [-0.39, 0.29) is 12.1 Å². The fourth-order valence-corrected chi connectivity index (χ4v) is 4.33. The van der Waals surface area contributed by atoms with E-state index in [0.29, 0.717) is 6.54 Å². The highest BCUT2D eigenvalue weighted by molar-refractivity contribution is 7.90. The molecule has 0 bridgehead atoms. The normalized spacial score (nSPS) is 23.2. The first-order chi connectivity index (χ1) is 9.62. The van der Waals surface area contributed by atoms with Crippen molar-refractivity contribution in [2.24, 2.45) is 0 Å². The van der Waals surface area contributed by atoms with Crippen LogP contribution in [0.1, 0.15) is 37.3 Å². The average molecular weight is 295 g/mol. The van der Waals surface area contributed by atoms with Crippen LogP contribution in [0.2, 0.25) is 0 Å². The van der Waals surface area contributed by atoms with Crippen molar-refractivity contribution in [1.82, 2.24) is 10.0 Å². The summed E-state index contributed by atoms with van der Waals surface area (Å²) in [6.45, 7) is 0.539. The summed E-state index contributed by atoms with van der Waals surface area (Å²) in [4.78, 5) is 0. The van der Waals surface area contributed by atoms with E-state index < -0.39 is 10.2 Å². The third kappa shape index (κ3) is 2.68. The Morgan fingerprint density at radius 3 is 2.65 bits per heavy atom. The molecule has 5 nitrogen and oxygen atoms in total. The summed E-state index contributed by atoms with van der Waals surface area (Å²) in [5.41, 5.74) is 1.87. The number of nitrogens with one attached hydrogen (secondary N) is 2. The number of nitrogens with zero attached hydrogens (tertiary/aromatic N) is 1. The summed E-state index contributed by atoms with van der Waals surface area (Å²) in [6, 6.07) is 8.13. The molecule has 1 fully saturated rings. The van der Waals surface area contributed by atoms with Crippen LogP contribution < -0.4 is 14.3 Å². The molecule has 0 spiro atoms. The highest BCUT2D eigenvalue weighted by atomic mass is 32.2. The average Bonchev–Trinajstić information content (AvgIpc) is 3.23. The second-order valence-corrected chi connectivity index (χ2v) is 7.14. The van der Waals surface area contributed by atoms with Gasteiger partial charge in [-0.25, -0.2) is 0 Å². The number of hydrogen-bond donors (Lipinski definition) is 2. The van der Waals surface area contributed by atoms with E-state index in [4.69, 9.17) is 0 Å². The molecule has 1 aliphatic heterocycles. The Bertz CT molecular complexity index is 584. The fourth-order valence-electron chi connectivity index (χ4n) is 2.75. The lowest BCUT2D eigenvalue weighted by atomic mass is 10.0. The van der Waals surface area contributed by atoms with Gasteiger partial charge in [0.25, 0.3) is 0 Å². The van der Waals surface area contributed by atoms with Gasteiger partial charge < -0.3 is 5.32 Å². The topological polar surface area (TPSA) is 61.4 Å². The highest BCUT2D eigenvalue weighted by Gasteiger charge is 2.33. The van der Waals surface area contributed by atoms with Crippen LogP contribution >= 0.6 is 0 Å². The molecule has 1 aromatic rings. The largest absolute Gasteiger partial charge is 0.313 e. The maximum absolute atomic E-state index is 12.5. The summed E-state index contributed by atoms with van der Waals surface area (Å²) >= 11 is 0. The summed E-state index contributed by atoms with van der Waals surface area (Å²) in [5, 5.41) is 3.28. The minimum atomic E-state index is -3.43. The Morgan fingerprint density at radius 1 is 1.20 bits per heavy atom. The van der Waals surface area contributed by atoms with Crippen LogP contribution in [0.5, 0.6) is 0 Å². The molecule has 1 atom stereocenters. The van der Waals surface area contributed by atoms with E-state index in [1.807, 2.05) is 31.3 Å². The number of benzene rings is 1. The first kappa shape index (κ1) is 13.9. The monoisotopic (exact) mass is 295 g/mol. The molecule has 110 valence electrons. The quantitative estimate of drug-likeness (QED) is 0.886. The molecular weight excluding hydrogens is 274 g/mol. The van der Waals surface area contributed by atoms with Gasteiger partial charge in [0.15, 0.2) is 0 Å². The van der Waals surface area contributed by atoms with E-state index in [9.17, 15) is 8.42 Å². The van der Waals surface area contributed by atoms with Crippen LogP contribution in [0.15, 0.2) is 24.3 Å². The van der Waals surface area contributed by atoms with Crippen molar-refractivity contribution in [3.05, 3.63) is 29.8 Å². The van der Waals surface area contributed by atoms with Crippen molar-refractivity contribution in [2.45, 2.75) is 37.8 Å². The molecule has 1 heterocycles. The standard InChI is InChI=1S/C14H21N3O2S/c1-15-13-6-4-10-17(14-7-3-2-5-12(13)14)20(18,19)16-11-8-9-11/h2-3,5,7,11,13,15-16H,4,6,8-10H2,1H3. The van der Waals surface area contributed by atoms with Crippen LogP contribution in [-0.4, -0.2) is 28.1 Å². The zero-order valence-corrected chi connectivity index (χ0v) is 12.5. The molecule has 1 unspecified atom stereocenters. The summed E-state index contributed by atoms with van der Waals surface area (Å²) in [7, 11) is -1.51. The predicted octanol–water partition coefficient (Wildman–Crippen LogP) is 1.54. The van der Waals surface area contributed by atoms with Gasteiger partial charge in [-0.2, -0.15) is 13.1 Å². The lowest BCUT2D eigenvalue weighted by molar-refractivity contribution is 0.541. The maximum Gasteiger partial charge on any atom is 0.301 e. The zero-order valence-electron chi connectivity index (χ0n) is 11.7. The molecule has 0 radical (unpaired) electrons. The molecule has 3 rings (SSSR count). The fraction of sp³-hybridized carbons (Fsp3) is 0.571. The first-order valence-electron chi connectivity index (χ1n) is 7.18. The van der Waals surface area contributed by atoms with Gasteiger partial charge >= 0.3 is 10.2 Å². The Kier molecular flexibility index (Phi) is 3.70. The zero-order chi connectivity index (χ0) is 14.2. The Morgan fingerprint density at radius 2 is 1.95 bits per heavy atom. The van der Waals surface area contributed by atoms with E-state index in [2.05, 4.69) is 10.0 Å². The van der Waals surface area contributed by atoms with E-state index in [1.165, 1.54) is 4.31 Å². The second kappa shape index (κ2) is 5.35. The van der Waals surface area contributed by atoms with Gasteiger partial charge in [-0.1, -0.05) is 18.2 Å². The lowest BCUT2D eigenvalue weighted by Crippen LogP contribution is -2.42. The second-order valence-electron chi connectivity index (χ2n) is 5.51. The maximum atomic E-state index is 12.5. The number of para-hydroxylation sites is 1. The van der Waals surface area contributed by atoms with E-state index in [1.54, 1.807) is 0 Å². The van der Waals surface area contributed by atoms with Gasteiger partial charge in [-0.15, -0.1) is 0 Å². The smallest absolute Gasteiger partial charge is 0.301 e. The predicted molar refractivity (Wildman–Crippen MR) is 79.9 cm³/mol. The van der Waals surface area contributed by atoms with Gasteiger partial charge in [0.1, 0.15) is 0 Å². The van der Waals surface area contributed by atoms with Crippen LogP contribution in [0.4, 0.5) is 5.69 Å². The van der Waals surface area contributed by atoms with Crippen molar-refractivity contribution in [1.29, 1.82) is 0 Å². The van der Waals surface area contributed by atoms with Crippen LogP contribution in [0.3, 0.4) is 0 Å². The Labute approximate surface area is 120 Å². The van der Waals surface area contributed by atoms with E-state index in [0.717, 1.165) is 36.9 Å². The van der Waals surface area contributed by atoms with Gasteiger partial charge in [-0.05, 0) is 44.4 Å². The van der Waals surface area contributed by atoms with Gasteiger partial charge in [0.2, 0.25) is 0 Å². The molecule has 0 aromatic heterocycles. The minimum Gasteiger partial charge on any atom is -0.313 e. The van der Waals surface area contributed by atoms with Crippen LogP contribution in [0, 0.1) is 0 Å². The molecule has 1 saturated carbocycles. The molecule has 2 aliphatic rings.